The number of para-hydroxylation sites is 1. The number of aromatic carboxylic acids is 1. The molecule has 0 spiro atoms. The lowest BCUT2D eigenvalue weighted by atomic mass is 9.94. The number of hydrogen-bond acceptors (Lipinski definition) is 2. The fraction of sp³-hybridized carbons (Fsp3) is 0.333. The zero-order valence-corrected chi connectivity index (χ0v) is 14.7. The van der Waals surface area contributed by atoms with Crippen molar-refractivity contribution in [2.45, 2.75) is 44.7 Å². The summed E-state index contributed by atoms with van der Waals surface area (Å²) in [6.45, 7) is 0.370. The minimum atomic E-state index is -0.951. The third-order valence-corrected chi connectivity index (χ3v) is 4.84. The molecule has 2 aromatic carbocycles. The molecule has 0 aliphatic heterocycles. The molecule has 0 aromatic heterocycles. The highest BCUT2D eigenvalue weighted by Crippen LogP contribution is 2.27. The predicted octanol–water partition coefficient (Wildman–Crippen LogP) is 4.43. The molecular formula is C21H24N2O3. The summed E-state index contributed by atoms with van der Waals surface area (Å²) in [4.78, 5) is 25.7. The number of urea groups is 1. The molecule has 5 nitrogen and oxygen atoms in total. The minimum absolute atomic E-state index is 0.106. The molecule has 1 aliphatic carbocycles. The number of anilines is 1. The maximum atomic E-state index is 12.9. The van der Waals surface area contributed by atoms with Crippen LogP contribution in [0.1, 0.15) is 48.0 Å². The molecule has 0 saturated heterocycles. The smallest absolute Gasteiger partial charge is 0.335 e. The van der Waals surface area contributed by atoms with Crippen LogP contribution in [0.15, 0.2) is 54.6 Å². The number of amides is 2. The fourth-order valence-corrected chi connectivity index (χ4v) is 3.45. The average molecular weight is 352 g/mol. The van der Waals surface area contributed by atoms with Crippen LogP contribution in [0, 0.1) is 0 Å². The van der Waals surface area contributed by atoms with E-state index in [9.17, 15) is 9.59 Å². The molecule has 0 heterocycles. The van der Waals surface area contributed by atoms with Crippen molar-refractivity contribution in [3.63, 3.8) is 0 Å². The average Bonchev–Trinajstić information content (AvgIpc) is 2.68. The Hall–Kier alpha value is -2.82. The molecule has 1 saturated carbocycles. The zero-order chi connectivity index (χ0) is 18.4. The van der Waals surface area contributed by atoms with Crippen molar-refractivity contribution in [2.75, 3.05) is 4.90 Å². The van der Waals surface area contributed by atoms with Gasteiger partial charge in [0.15, 0.2) is 0 Å². The van der Waals surface area contributed by atoms with E-state index in [0.29, 0.717) is 6.54 Å². The summed E-state index contributed by atoms with van der Waals surface area (Å²) in [6, 6.07) is 16.5. The Bertz CT molecular complexity index is 738. The number of carbonyl (C=O) groups excluding carboxylic acids is 1. The topological polar surface area (TPSA) is 69.6 Å². The summed E-state index contributed by atoms with van der Waals surface area (Å²) >= 11 is 0. The van der Waals surface area contributed by atoms with Gasteiger partial charge in [-0.15, -0.1) is 0 Å². The molecule has 2 aromatic rings. The van der Waals surface area contributed by atoms with Gasteiger partial charge in [-0.2, -0.15) is 0 Å². The lowest BCUT2D eigenvalue weighted by Crippen LogP contribution is -2.47. The third kappa shape index (κ3) is 4.42. The highest BCUT2D eigenvalue weighted by molar-refractivity contribution is 5.92. The Morgan fingerprint density at radius 1 is 0.962 bits per heavy atom. The van der Waals surface area contributed by atoms with Gasteiger partial charge in [0.25, 0.3) is 0 Å². The highest BCUT2D eigenvalue weighted by atomic mass is 16.4. The second-order valence-corrected chi connectivity index (χ2v) is 6.66. The van der Waals surface area contributed by atoms with E-state index in [1.165, 1.54) is 6.42 Å². The molecule has 0 atom stereocenters. The molecule has 1 aliphatic rings. The molecule has 1 fully saturated rings. The molecule has 3 rings (SSSR count). The van der Waals surface area contributed by atoms with Gasteiger partial charge in [0.05, 0.1) is 5.56 Å². The maximum absolute atomic E-state index is 12.9. The number of benzene rings is 2. The van der Waals surface area contributed by atoms with Gasteiger partial charge < -0.3 is 10.4 Å². The SMILES string of the molecule is O=C(O)c1ccc(CNC(=O)N(c2ccccc2)C2CCCCC2)cc1. The molecular weight excluding hydrogens is 328 g/mol. The quantitative estimate of drug-likeness (QED) is 0.836. The van der Waals surface area contributed by atoms with Gasteiger partial charge in [0.2, 0.25) is 0 Å². The Morgan fingerprint density at radius 3 is 2.23 bits per heavy atom. The third-order valence-electron chi connectivity index (χ3n) is 4.84. The molecule has 26 heavy (non-hydrogen) atoms. The minimum Gasteiger partial charge on any atom is -0.478 e. The number of carboxylic acids is 1. The summed E-state index contributed by atoms with van der Waals surface area (Å²) < 4.78 is 0. The van der Waals surface area contributed by atoms with Gasteiger partial charge in [0.1, 0.15) is 0 Å². The van der Waals surface area contributed by atoms with Gasteiger partial charge in [-0.25, -0.2) is 9.59 Å². The van der Waals surface area contributed by atoms with Gasteiger partial charge >= 0.3 is 12.0 Å². The van der Waals surface area contributed by atoms with E-state index in [0.717, 1.165) is 36.9 Å². The van der Waals surface area contributed by atoms with Crippen molar-refractivity contribution in [3.05, 3.63) is 65.7 Å². The summed E-state index contributed by atoms with van der Waals surface area (Å²) in [5.74, 6) is -0.951. The number of carbonyl (C=O) groups is 2. The van der Waals surface area contributed by atoms with Crippen LogP contribution >= 0.6 is 0 Å². The lowest BCUT2D eigenvalue weighted by molar-refractivity contribution is 0.0697. The maximum Gasteiger partial charge on any atom is 0.335 e. The van der Waals surface area contributed by atoms with E-state index >= 15 is 0 Å². The molecule has 136 valence electrons. The first-order valence-corrected chi connectivity index (χ1v) is 9.09. The van der Waals surface area contributed by atoms with E-state index in [4.69, 9.17) is 5.11 Å². The van der Waals surface area contributed by atoms with Crippen LogP contribution in [0.5, 0.6) is 0 Å². The number of carboxylic acid groups (broad SMARTS) is 1. The standard InChI is InChI=1S/C21H24N2O3/c24-20(25)17-13-11-16(12-14-17)15-22-21(26)23(18-7-3-1-4-8-18)19-9-5-2-6-10-19/h1,3-4,7-8,11-14,19H,2,5-6,9-10,15H2,(H,22,26)(H,24,25). The molecule has 0 radical (unpaired) electrons. The van der Waals surface area contributed by atoms with E-state index in [1.807, 2.05) is 35.2 Å². The first kappa shape index (κ1) is 18.0. The summed E-state index contributed by atoms with van der Waals surface area (Å²) in [6.07, 6.45) is 5.58. The first-order chi connectivity index (χ1) is 12.6. The van der Waals surface area contributed by atoms with E-state index in [2.05, 4.69) is 5.32 Å². The fourth-order valence-electron chi connectivity index (χ4n) is 3.45. The zero-order valence-electron chi connectivity index (χ0n) is 14.7. The number of rotatable bonds is 5. The van der Waals surface area contributed by atoms with Crippen LogP contribution in [0.25, 0.3) is 0 Å². The summed E-state index contributed by atoms with van der Waals surface area (Å²) in [5, 5.41) is 11.9. The van der Waals surface area contributed by atoms with Crippen LogP contribution in [0.3, 0.4) is 0 Å². The summed E-state index contributed by atoms with van der Waals surface area (Å²) in [7, 11) is 0. The largest absolute Gasteiger partial charge is 0.478 e. The van der Waals surface area contributed by atoms with E-state index in [-0.39, 0.29) is 17.6 Å². The first-order valence-electron chi connectivity index (χ1n) is 9.09. The summed E-state index contributed by atoms with van der Waals surface area (Å²) in [5.41, 5.74) is 2.03. The molecule has 2 amide bonds. The Morgan fingerprint density at radius 2 is 1.62 bits per heavy atom. The Labute approximate surface area is 153 Å². The van der Waals surface area contributed by atoms with Crippen LogP contribution in [0.4, 0.5) is 10.5 Å². The molecule has 0 unspecified atom stereocenters. The molecule has 5 heteroatoms. The highest BCUT2D eigenvalue weighted by Gasteiger charge is 2.26. The van der Waals surface area contributed by atoms with Crippen molar-refractivity contribution >= 4 is 17.7 Å². The van der Waals surface area contributed by atoms with Crippen LogP contribution < -0.4 is 10.2 Å². The van der Waals surface area contributed by atoms with Gasteiger partial charge in [0, 0.05) is 18.3 Å². The molecule has 2 N–H and O–H groups in total. The van der Waals surface area contributed by atoms with Crippen LogP contribution in [-0.2, 0) is 6.54 Å². The monoisotopic (exact) mass is 352 g/mol. The number of nitrogens with one attached hydrogen (secondary N) is 1. The number of hydrogen-bond donors (Lipinski definition) is 2. The van der Waals surface area contributed by atoms with Crippen molar-refractivity contribution in [1.29, 1.82) is 0 Å². The van der Waals surface area contributed by atoms with E-state index in [1.54, 1.807) is 24.3 Å². The Kier molecular flexibility index (Phi) is 5.89. The van der Waals surface area contributed by atoms with Crippen molar-refractivity contribution in [2.24, 2.45) is 0 Å². The van der Waals surface area contributed by atoms with Crippen molar-refractivity contribution < 1.29 is 14.7 Å². The van der Waals surface area contributed by atoms with Gasteiger partial charge in [-0.1, -0.05) is 49.6 Å². The van der Waals surface area contributed by atoms with E-state index < -0.39 is 5.97 Å². The lowest BCUT2D eigenvalue weighted by Gasteiger charge is -2.34. The Balaban J connectivity index is 1.70. The second kappa shape index (κ2) is 8.52. The van der Waals surface area contributed by atoms with Crippen LogP contribution in [-0.4, -0.2) is 23.1 Å². The molecule has 0 bridgehead atoms. The van der Waals surface area contributed by atoms with Gasteiger partial charge in [-0.3, -0.25) is 4.90 Å². The number of nitrogens with zero attached hydrogens (tertiary/aromatic N) is 1. The van der Waals surface area contributed by atoms with Crippen molar-refractivity contribution in [1.82, 2.24) is 5.32 Å². The van der Waals surface area contributed by atoms with Crippen LogP contribution in [0.2, 0.25) is 0 Å². The second-order valence-electron chi connectivity index (χ2n) is 6.66. The van der Waals surface area contributed by atoms with Crippen molar-refractivity contribution in [3.8, 4) is 0 Å². The van der Waals surface area contributed by atoms with Gasteiger partial charge in [-0.05, 0) is 42.7 Å². The normalized spacial score (nSPS) is 14.6. The predicted molar refractivity (Wildman–Crippen MR) is 101 cm³/mol.